The van der Waals surface area contributed by atoms with E-state index in [2.05, 4.69) is 20.2 Å². The Morgan fingerprint density at radius 2 is 2.28 bits per heavy atom. The van der Waals surface area contributed by atoms with Crippen LogP contribution in [0.4, 0.5) is 5.95 Å². The molecule has 0 bridgehead atoms. The highest BCUT2D eigenvalue weighted by Crippen LogP contribution is 2.15. The average molecular weight is 269 g/mol. The normalized spacial score (nSPS) is 19.6. The van der Waals surface area contributed by atoms with E-state index in [-0.39, 0.29) is 11.9 Å². The maximum Gasteiger partial charge on any atom is 0.225 e. The molecular formula is C12H17ClN4O. The summed E-state index contributed by atoms with van der Waals surface area (Å²) in [5, 5.41) is 3.00. The van der Waals surface area contributed by atoms with Gasteiger partial charge < -0.3 is 10.2 Å². The summed E-state index contributed by atoms with van der Waals surface area (Å²) in [6.45, 7) is 1.70. The molecule has 0 spiro atoms. The monoisotopic (exact) mass is 268 g/mol. The lowest BCUT2D eigenvalue weighted by atomic mass is 10.1. The Morgan fingerprint density at radius 1 is 1.50 bits per heavy atom. The number of carbonyl (C=O) groups excluding carboxylic acids is 1. The molecule has 6 heteroatoms. The number of hydrogen-bond donors (Lipinski definition) is 1. The zero-order chi connectivity index (χ0) is 12.8. The molecule has 1 unspecified atom stereocenters. The van der Waals surface area contributed by atoms with Gasteiger partial charge in [0.25, 0.3) is 0 Å². The standard InChI is InChI=1S/C12H17ClN4O/c13-5-4-11(18)16-10-3-1-8-17(9-10)12-14-6-2-7-15-12/h2,6-7,10H,1,3-5,8-9H2,(H,16,18). The molecule has 98 valence electrons. The predicted molar refractivity (Wildman–Crippen MR) is 70.7 cm³/mol. The summed E-state index contributed by atoms with van der Waals surface area (Å²) in [5.41, 5.74) is 0. The molecule has 1 amide bonds. The molecule has 2 rings (SSSR count). The number of halogens is 1. The van der Waals surface area contributed by atoms with Gasteiger partial charge in [-0.2, -0.15) is 0 Å². The molecule has 5 nitrogen and oxygen atoms in total. The number of rotatable bonds is 4. The second-order valence-corrected chi connectivity index (χ2v) is 4.72. The summed E-state index contributed by atoms with van der Waals surface area (Å²) in [4.78, 5) is 22.1. The minimum absolute atomic E-state index is 0.0193. The van der Waals surface area contributed by atoms with Crippen molar-refractivity contribution in [1.29, 1.82) is 0 Å². The van der Waals surface area contributed by atoms with Gasteiger partial charge >= 0.3 is 0 Å². The van der Waals surface area contributed by atoms with Gasteiger partial charge in [0, 0.05) is 43.8 Å². The van der Waals surface area contributed by atoms with Crippen molar-refractivity contribution in [3.8, 4) is 0 Å². The largest absolute Gasteiger partial charge is 0.352 e. The summed E-state index contributed by atoms with van der Waals surface area (Å²) in [6.07, 6.45) is 5.87. The van der Waals surface area contributed by atoms with Gasteiger partial charge in [-0.3, -0.25) is 4.79 Å². The van der Waals surface area contributed by atoms with Gasteiger partial charge in [0.15, 0.2) is 0 Å². The van der Waals surface area contributed by atoms with Gasteiger partial charge in [-0.25, -0.2) is 9.97 Å². The van der Waals surface area contributed by atoms with E-state index in [1.807, 2.05) is 0 Å². The lowest BCUT2D eigenvalue weighted by Gasteiger charge is -2.33. The fourth-order valence-electron chi connectivity index (χ4n) is 2.12. The molecule has 1 atom stereocenters. The Balaban J connectivity index is 1.91. The Morgan fingerprint density at radius 3 is 3.00 bits per heavy atom. The van der Waals surface area contributed by atoms with Crippen LogP contribution >= 0.6 is 11.6 Å². The van der Waals surface area contributed by atoms with Crippen molar-refractivity contribution in [2.75, 3.05) is 23.9 Å². The third-order valence-electron chi connectivity index (χ3n) is 2.94. The minimum Gasteiger partial charge on any atom is -0.352 e. The van der Waals surface area contributed by atoms with Crippen molar-refractivity contribution in [2.45, 2.75) is 25.3 Å². The maximum absolute atomic E-state index is 11.5. The highest BCUT2D eigenvalue weighted by atomic mass is 35.5. The highest BCUT2D eigenvalue weighted by Gasteiger charge is 2.22. The van der Waals surface area contributed by atoms with Gasteiger partial charge in [-0.1, -0.05) is 0 Å². The molecule has 1 fully saturated rings. The zero-order valence-corrected chi connectivity index (χ0v) is 10.9. The average Bonchev–Trinajstić information content (AvgIpc) is 2.40. The molecule has 2 heterocycles. The number of carbonyl (C=O) groups is 1. The molecule has 1 N–H and O–H groups in total. The number of hydrogen-bond acceptors (Lipinski definition) is 4. The first-order chi connectivity index (χ1) is 8.79. The van der Waals surface area contributed by atoms with E-state index in [4.69, 9.17) is 11.6 Å². The first kappa shape index (κ1) is 13.1. The molecule has 0 aromatic carbocycles. The van der Waals surface area contributed by atoms with E-state index >= 15 is 0 Å². The number of nitrogens with zero attached hydrogens (tertiary/aromatic N) is 3. The third-order valence-corrected chi connectivity index (χ3v) is 3.13. The topological polar surface area (TPSA) is 58.1 Å². The van der Waals surface area contributed by atoms with Crippen molar-refractivity contribution in [3.63, 3.8) is 0 Å². The zero-order valence-electron chi connectivity index (χ0n) is 10.2. The quantitative estimate of drug-likeness (QED) is 0.834. The van der Waals surface area contributed by atoms with Crippen LogP contribution in [-0.2, 0) is 4.79 Å². The fraction of sp³-hybridized carbons (Fsp3) is 0.583. The molecule has 1 aromatic rings. The Bertz CT molecular complexity index is 387. The summed E-state index contributed by atoms with van der Waals surface area (Å²) in [7, 11) is 0. The van der Waals surface area contributed by atoms with Crippen LogP contribution in [-0.4, -0.2) is 40.9 Å². The first-order valence-electron chi connectivity index (χ1n) is 6.17. The van der Waals surface area contributed by atoms with Crippen LogP contribution in [0, 0.1) is 0 Å². The van der Waals surface area contributed by atoms with E-state index in [1.54, 1.807) is 18.5 Å². The summed E-state index contributed by atoms with van der Waals surface area (Å²) >= 11 is 5.55. The van der Waals surface area contributed by atoms with Crippen molar-refractivity contribution in [1.82, 2.24) is 15.3 Å². The van der Waals surface area contributed by atoms with Gasteiger partial charge in [0.1, 0.15) is 0 Å². The van der Waals surface area contributed by atoms with Crippen molar-refractivity contribution in [3.05, 3.63) is 18.5 Å². The van der Waals surface area contributed by atoms with E-state index < -0.39 is 0 Å². The molecule has 1 aromatic heterocycles. The van der Waals surface area contributed by atoms with Crippen LogP contribution in [0.3, 0.4) is 0 Å². The number of alkyl halides is 1. The highest BCUT2D eigenvalue weighted by molar-refractivity contribution is 6.18. The molecule has 1 saturated heterocycles. The van der Waals surface area contributed by atoms with Gasteiger partial charge in [-0.15, -0.1) is 11.6 Å². The van der Waals surface area contributed by atoms with E-state index in [9.17, 15) is 4.79 Å². The van der Waals surface area contributed by atoms with Gasteiger partial charge in [0.05, 0.1) is 0 Å². The SMILES string of the molecule is O=C(CCCl)NC1CCCN(c2ncccn2)C1. The van der Waals surface area contributed by atoms with Crippen LogP contribution in [0.2, 0.25) is 0 Å². The second-order valence-electron chi connectivity index (χ2n) is 4.34. The maximum atomic E-state index is 11.5. The van der Waals surface area contributed by atoms with Crippen LogP contribution in [0.25, 0.3) is 0 Å². The van der Waals surface area contributed by atoms with Crippen LogP contribution in [0.15, 0.2) is 18.5 Å². The number of nitrogens with one attached hydrogen (secondary N) is 1. The van der Waals surface area contributed by atoms with Crippen molar-refractivity contribution < 1.29 is 4.79 Å². The molecule has 0 radical (unpaired) electrons. The Labute approximate surface area is 112 Å². The number of anilines is 1. The van der Waals surface area contributed by atoms with Crippen LogP contribution < -0.4 is 10.2 Å². The molecule has 0 aliphatic carbocycles. The number of piperidine rings is 1. The molecule has 1 aliphatic rings. The molecule has 1 aliphatic heterocycles. The van der Waals surface area contributed by atoms with Crippen LogP contribution in [0.1, 0.15) is 19.3 Å². The molecular weight excluding hydrogens is 252 g/mol. The summed E-state index contributed by atoms with van der Waals surface area (Å²) in [5.74, 6) is 1.11. The Kier molecular flexibility index (Phi) is 4.75. The van der Waals surface area contributed by atoms with Gasteiger partial charge in [-0.05, 0) is 18.9 Å². The second kappa shape index (κ2) is 6.54. The van der Waals surface area contributed by atoms with E-state index in [0.29, 0.717) is 12.3 Å². The lowest BCUT2D eigenvalue weighted by molar-refractivity contribution is -0.121. The van der Waals surface area contributed by atoms with E-state index in [0.717, 1.165) is 31.9 Å². The number of amides is 1. The number of aromatic nitrogens is 2. The first-order valence-corrected chi connectivity index (χ1v) is 6.70. The van der Waals surface area contributed by atoms with Crippen LogP contribution in [0.5, 0.6) is 0 Å². The fourth-order valence-corrected chi connectivity index (χ4v) is 2.29. The van der Waals surface area contributed by atoms with Gasteiger partial charge in [0.2, 0.25) is 11.9 Å². The lowest BCUT2D eigenvalue weighted by Crippen LogP contribution is -2.48. The smallest absolute Gasteiger partial charge is 0.225 e. The molecule has 18 heavy (non-hydrogen) atoms. The predicted octanol–water partition coefficient (Wildman–Crippen LogP) is 1.19. The van der Waals surface area contributed by atoms with E-state index in [1.165, 1.54) is 0 Å². The Hall–Kier alpha value is -1.36. The summed E-state index contributed by atoms with van der Waals surface area (Å²) < 4.78 is 0. The molecule has 0 saturated carbocycles. The third kappa shape index (κ3) is 3.57. The minimum atomic E-state index is 0.0193. The van der Waals surface area contributed by atoms with Crippen molar-refractivity contribution >= 4 is 23.5 Å². The summed E-state index contributed by atoms with van der Waals surface area (Å²) in [6, 6.07) is 1.96. The van der Waals surface area contributed by atoms with Crippen molar-refractivity contribution in [2.24, 2.45) is 0 Å².